The van der Waals surface area contributed by atoms with Gasteiger partial charge in [-0.3, -0.25) is 0 Å². The highest BCUT2D eigenvalue weighted by molar-refractivity contribution is 5.49. The third-order valence-electron chi connectivity index (χ3n) is 1.59. The number of aryl methyl sites for hydroxylation is 1. The molecule has 0 saturated heterocycles. The van der Waals surface area contributed by atoms with Crippen LogP contribution in [0.1, 0.15) is 5.56 Å². The van der Waals surface area contributed by atoms with Gasteiger partial charge in [-0.15, -0.1) is 0 Å². The molecule has 0 bridgehead atoms. The first-order chi connectivity index (χ1) is 5.27. The maximum absolute atomic E-state index is 4.29. The Morgan fingerprint density at radius 3 is 2.45 bits per heavy atom. The molecule has 1 rings (SSSR count). The zero-order chi connectivity index (χ0) is 8.27. The first-order valence-corrected chi connectivity index (χ1v) is 3.61. The van der Waals surface area contributed by atoms with Crippen LogP contribution in [0, 0.1) is 6.92 Å². The van der Waals surface area contributed by atoms with Crippen molar-refractivity contribution in [1.82, 2.24) is 4.98 Å². The van der Waals surface area contributed by atoms with Crippen molar-refractivity contribution in [2.45, 2.75) is 6.92 Å². The lowest BCUT2D eigenvalue weighted by molar-refractivity contribution is 1.22. The Labute approximate surface area is 66.8 Å². The van der Waals surface area contributed by atoms with Crippen LogP contribution in [-0.4, -0.2) is 19.1 Å². The predicted molar refractivity (Wildman–Crippen MR) is 48.1 cm³/mol. The molecular formula is C8H13N3. The lowest BCUT2D eigenvalue weighted by atomic mass is 10.3. The van der Waals surface area contributed by atoms with Crippen LogP contribution < -0.4 is 10.6 Å². The minimum absolute atomic E-state index is 0.889. The van der Waals surface area contributed by atoms with Gasteiger partial charge in [0.2, 0.25) is 0 Å². The molecule has 1 heterocycles. The van der Waals surface area contributed by atoms with Crippen molar-refractivity contribution < 1.29 is 0 Å². The number of rotatable bonds is 2. The number of anilines is 2. The molecule has 11 heavy (non-hydrogen) atoms. The van der Waals surface area contributed by atoms with Crippen LogP contribution in [0.4, 0.5) is 11.6 Å². The highest BCUT2D eigenvalue weighted by atomic mass is 15.0. The second-order valence-electron chi connectivity index (χ2n) is 2.36. The van der Waals surface area contributed by atoms with E-state index in [1.807, 2.05) is 33.2 Å². The lowest BCUT2D eigenvalue weighted by Gasteiger charge is -2.05. The topological polar surface area (TPSA) is 37.0 Å². The van der Waals surface area contributed by atoms with Crippen molar-refractivity contribution in [3.05, 3.63) is 17.7 Å². The molecule has 0 spiro atoms. The van der Waals surface area contributed by atoms with E-state index in [4.69, 9.17) is 0 Å². The summed E-state index contributed by atoms with van der Waals surface area (Å²) in [6.07, 6.45) is 0. The SMILES string of the molecule is CNc1ccc(C)c(NC)n1. The van der Waals surface area contributed by atoms with E-state index in [0.717, 1.165) is 17.2 Å². The summed E-state index contributed by atoms with van der Waals surface area (Å²) in [7, 11) is 3.73. The maximum atomic E-state index is 4.29. The fourth-order valence-corrected chi connectivity index (χ4v) is 0.921. The van der Waals surface area contributed by atoms with E-state index in [0.29, 0.717) is 0 Å². The molecule has 2 N–H and O–H groups in total. The molecule has 3 nitrogen and oxygen atoms in total. The summed E-state index contributed by atoms with van der Waals surface area (Å²) in [5, 5.41) is 6.00. The van der Waals surface area contributed by atoms with Crippen LogP contribution in [-0.2, 0) is 0 Å². The van der Waals surface area contributed by atoms with Gasteiger partial charge >= 0.3 is 0 Å². The largest absolute Gasteiger partial charge is 0.373 e. The van der Waals surface area contributed by atoms with Crippen LogP contribution in [0.2, 0.25) is 0 Å². The minimum atomic E-state index is 0.889. The molecule has 0 saturated carbocycles. The molecule has 0 aliphatic rings. The fourth-order valence-electron chi connectivity index (χ4n) is 0.921. The van der Waals surface area contributed by atoms with Gasteiger partial charge in [-0.05, 0) is 18.6 Å². The van der Waals surface area contributed by atoms with Crippen LogP contribution in [0.25, 0.3) is 0 Å². The van der Waals surface area contributed by atoms with Crippen molar-refractivity contribution in [3.63, 3.8) is 0 Å². The summed E-state index contributed by atoms with van der Waals surface area (Å²) in [4.78, 5) is 4.29. The van der Waals surface area contributed by atoms with E-state index >= 15 is 0 Å². The summed E-state index contributed by atoms with van der Waals surface area (Å²) in [6, 6.07) is 3.99. The molecular weight excluding hydrogens is 138 g/mol. The van der Waals surface area contributed by atoms with Gasteiger partial charge in [-0.1, -0.05) is 6.07 Å². The second kappa shape index (κ2) is 3.23. The van der Waals surface area contributed by atoms with E-state index in [1.165, 1.54) is 0 Å². The van der Waals surface area contributed by atoms with Gasteiger partial charge in [0.1, 0.15) is 11.6 Å². The number of hydrogen-bond donors (Lipinski definition) is 2. The second-order valence-corrected chi connectivity index (χ2v) is 2.36. The highest BCUT2D eigenvalue weighted by Gasteiger charge is 1.96. The maximum Gasteiger partial charge on any atom is 0.131 e. The number of hydrogen-bond acceptors (Lipinski definition) is 3. The van der Waals surface area contributed by atoms with Gasteiger partial charge in [0, 0.05) is 14.1 Å². The predicted octanol–water partition coefficient (Wildman–Crippen LogP) is 1.47. The Kier molecular flexibility index (Phi) is 2.31. The van der Waals surface area contributed by atoms with E-state index < -0.39 is 0 Å². The molecule has 0 fully saturated rings. The first-order valence-electron chi connectivity index (χ1n) is 3.61. The fraction of sp³-hybridized carbons (Fsp3) is 0.375. The molecule has 0 radical (unpaired) electrons. The average molecular weight is 151 g/mol. The molecule has 60 valence electrons. The molecule has 0 unspecified atom stereocenters. The van der Waals surface area contributed by atoms with Gasteiger partial charge in [-0.25, -0.2) is 4.98 Å². The molecule has 1 aromatic rings. The van der Waals surface area contributed by atoms with Crippen molar-refractivity contribution in [2.75, 3.05) is 24.7 Å². The molecule has 0 aliphatic heterocycles. The van der Waals surface area contributed by atoms with Gasteiger partial charge in [0.05, 0.1) is 0 Å². The lowest BCUT2D eigenvalue weighted by Crippen LogP contribution is -1.99. The van der Waals surface area contributed by atoms with E-state index in [2.05, 4.69) is 15.6 Å². The molecule has 1 aromatic heterocycles. The van der Waals surface area contributed by atoms with E-state index in [9.17, 15) is 0 Å². The molecule has 0 atom stereocenters. The van der Waals surface area contributed by atoms with Crippen LogP contribution in [0.5, 0.6) is 0 Å². The van der Waals surface area contributed by atoms with Crippen molar-refractivity contribution in [3.8, 4) is 0 Å². The van der Waals surface area contributed by atoms with Crippen molar-refractivity contribution in [1.29, 1.82) is 0 Å². The zero-order valence-corrected chi connectivity index (χ0v) is 7.10. The minimum Gasteiger partial charge on any atom is -0.373 e. The number of nitrogens with one attached hydrogen (secondary N) is 2. The first kappa shape index (κ1) is 7.85. The average Bonchev–Trinajstić information content (AvgIpc) is 2.05. The number of pyridine rings is 1. The van der Waals surface area contributed by atoms with Crippen LogP contribution >= 0.6 is 0 Å². The van der Waals surface area contributed by atoms with Gasteiger partial charge < -0.3 is 10.6 Å². The van der Waals surface area contributed by atoms with Crippen molar-refractivity contribution in [2.24, 2.45) is 0 Å². The standard InChI is InChI=1S/C8H13N3/c1-6-4-5-7(9-2)11-8(6)10-3/h4-5H,1-3H3,(H2,9,10,11). The number of aromatic nitrogens is 1. The molecule has 0 amide bonds. The molecule has 0 aromatic carbocycles. The molecule has 3 heteroatoms. The summed E-state index contributed by atoms with van der Waals surface area (Å²) >= 11 is 0. The third kappa shape index (κ3) is 1.61. The zero-order valence-electron chi connectivity index (χ0n) is 7.10. The van der Waals surface area contributed by atoms with Gasteiger partial charge in [-0.2, -0.15) is 0 Å². The Morgan fingerprint density at radius 1 is 1.18 bits per heavy atom. The smallest absolute Gasteiger partial charge is 0.131 e. The van der Waals surface area contributed by atoms with Crippen molar-refractivity contribution >= 4 is 11.6 Å². The molecule has 0 aliphatic carbocycles. The van der Waals surface area contributed by atoms with Gasteiger partial charge in [0.15, 0.2) is 0 Å². The summed E-state index contributed by atoms with van der Waals surface area (Å²) in [5.41, 5.74) is 1.16. The number of nitrogens with zero attached hydrogens (tertiary/aromatic N) is 1. The summed E-state index contributed by atoms with van der Waals surface area (Å²) in [6.45, 7) is 2.03. The Bertz CT molecular complexity index is 245. The summed E-state index contributed by atoms with van der Waals surface area (Å²) < 4.78 is 0. The van der Waals surface area contributed by atoms with Gasteiger partial charge in [0.25, 0.3) is 0 Å². The third-order valence-corrected chi connectivity index (χ3v) is 1.59. The quantitative estimate of drug-likeness (QED) is 0.672. The Morgan fingerprint density at radius 2 is 1.91 bits per heavy atom. The highest BCUT2D eigenvalue weighted by Crippen LogP contribution is 2.13. The summed E-state index contributed by atoms with van der Waals surface area (Å²) in [5.74, 6) is 1.82. The van der Waals surface area contributed by atoms with Crippen LogP contribution in [0.15, 0.2) is 12.1 Å². The van der Waals surface area contributed by atoms with E-state index in [-0.39, 0.29) is 0 Å². The normalized spacial score (nSPS) is 9.36. The van der Waals surface area contributed by atoms with Crippen LogP contribution in [0.3, 0.4) is 0 Å². The Balaban J connectivity index is 3.02. The Hall–Kier alpha value is -1.25. The van der Waals surface area contributed by atoms with E-state index in [1.54, 1.807) is 0 Å². The monoisotopic (exact) mass is 151 g/mol.